The molecule has 1 aromatic carbocycles. The van der Waals surface area contributed by atoms with Gasteiger partial charge in [-0.2, -0.15) is 0 Å². The first-order valence-electron chi connectivity index (χ1n) is 9.77. The second-order valence-electron chi connectivity index (χ2n) is 5.29. The van der Waals surface area contributed by atoms with Gasteiger partial charge in [-0.1, -0.05) is 6.07 Å². The Kier molecular flexibility index (Phi) is 2.32. The number of alkyl carbamates (subject to hydrolysis) is 1. The van der Waals surface area contributed by atoms with Crippen molar-refractivity contribution in [2.75, 3.05) is 27.2 Å². The first-order chi connectivity index (χ1) is 12.6. The summed E-state index contributed by atoms with van der Waals surface area (Å²) in [4.78, 5) is 13.6. The molecule has 1 fully saturated rings. The van der Waals surface area contributed by atoms with Crippen LogP contribution >= 0.6 is 0 Å². The van der Waals surface area contributed by atoms with Crippen LogP contribution in [-0.2, 0) is 17.6 Å². The van der Waals surface area contributed by atoms with Crippen molar-refractivity contribution in [2.45, 2.75) is 18.9 Å². The molecule has 1 amide bonds. The molecule has 0 bridgehead atoms. The molecule has 2 N–H and O–H groups in total. The minimum absolute atomic E-state index is 0.0302. The number of nitrogens with zero attached hydrogens (tertiary/aromatic N) is 1. The maximum atomic E-state index is 11.3. The zero-order valence-corrected chi connectivity index (χ0v) is 11.8. The van der Waals surface area contributed by atoms with Crippen LogP contribution in [0.15, 0.2) is 24.4 Å². The van der Waals surface area contributed by atoms with E-state index in [2.05, 4.69) is 0 Å². The van der Waals surface area contributed by atoms with E-state index in [4.69, 9.17) is 13.0 Å². The third-order valence-electron chi connectivity index (χ3n) is 3.55. The number of hydrogen-bond donors (Lipinski definition) is 2. The smallest absolute Gasteiger partial charge is 0.407 e. The van der Waals surface area contributed by atoms with Gasteiger partial charge in [0.15, 0.2) is 2.82 Å². The standard InChI is InChI=1S/C16H21N3O2/c1-19(2)6-5-12-9-17-15-4-3-11(8-14(12)15)7-13-10-21-16(20)18-13/h3-4,8-9,13,17H,5-7,10H2,1-2H3,(H,18,20)/t13-/m0/s1/i1D3,9D/hD2. The number of aromatic amines is 1. The Balaban J connectivity index is 1.87. The number of benzene rings is 1. The fourth-order valence-electron chi connectivity index (χ4n) is 2.48. The second kappa shape index (κ2) is 5.77. The molecule has 2 heterocycles. The average molecular weight is 293 g/mol. The van der Waals surface area contributed by atoms with E-state index in [1.54, 1.807) is 6.07 Å². The summed E-state index contributed by atoms with van der Waals surface area (Å²) in [5.41, 5.74) is 2.04. The summed E-state index contributed by atoms with van der Waals surface area (Å²) in [6.07, 6.45) is 0.119. The first kappa shape index (κ1) is 8.44. The van der Waals surface area contributed by atoms with Gasteiger partial charge in [-0.05, 0) is 50.1 Å². The highest BCUT2D eigenvalue weighted by Crippen LogP contribution is 2.21. The third kappa shape index (κ3) is 3.19. The van der Waals surface area contributed by atoms with Crippen molar-refractivity contribution in [3.05, 3.63) is 35.5 Å². The van der Waals surface area contributed by atoms with E-state index >= 15 is 0 Å². The van der Waals surface area contributed by atoms with Crippen LogP contribution in [0.2, 0.25) is 2.82 Å². The Labute approximate surface area is 132 Å². The number of ether oxygens (including phenoxy) is 1. The van der Waals surface area contributed by atoms with Crippen molar-refractivity contribution < 1.29 is 17.8 Å². The SMILES string of the molecule is [2H]c1c(CCN(C)C([2H])([2H])[2H])c2cc(C[C@H]3COC(=O)N3[2H])ccc2n1[2H]. The Morgan fingerprint density at radius 2 is 2.52 bits per heavy atom. The van der Waals surface area contributed by atoms with E-state index < -0.39 is 13.1 Å². The van der Waals surface area contributed by atoms with Crippen molar-refractivity contribution >= 4 is 17.0 Å². The predicted molar refractivity (Wildman–Crippen MR) is 82.5 cm³/mol. The number of aromatic nitrogens is 1. The van der Waals surface area contributed by atoms with Crippen LogP contribution < -0.4 is 5.31 Å². The zero-order chi connectivity index (χ0) is 19.9. The highest BCUT2D eigenvalue weighted by molar-refractivity contribution is 5.84. The summed E-state index contributed by atoms with van der Waals surface area (Å²) in [6.45, 7) is -1.82. The molecule has 0 saturated carbocycles. The van der Waals surface area contributed by atoms with Crippen LogP contribution in [-0.4, -0.2) is 49.2 Å². The molecule has 1 aromatic heterocycles. The van der Waals surface area contributed by atoms with Crippen LogP contribution in [0.4, 0.5) is 4.79 Å². The van der Waals surface area contributed by atoms with Crippen molar-refractivity contribution in [2.24, 2.45) is 0 Å². The lowest BCUT2D eigenvalue weighted by molar-refractivity contribution is 0.177. The third-order valence-corrected chi connectivity index (χ3v) is 3.55. The molecule has 5 heteroatoms. The molecule has 1 aliphatic heterocycles. The summed E-state index contributed by atoms with van der Waals surface area (Å²) in [5.74, 6) is 0. The molecule has 1 saturated heterocycles. The van der Waals surface area contributed by atoms with E-state index in [1.165, 1.54) is 11.9 Å². The second-order valence-corrected chi connectivity index (χ2v) is 5.29. The molecule has 1 atom stereocenters. The molecule has 0 unspecified atom stereocenters. The number of carbonyl (C=O) groups is 1. The number of nitrogens with one attached hydrogen (secondary N) is 2. The molecule has 3 rings (SSSR count). The number of rotatable bonds is 5. The molecule has 0 aliphatic carbocycles. The molecular weight excluding hydrogens is 266 g/mol. The number of carbonyl (C=O) groups excluding carboxylic acids is 1. The quantitative estimate of drug-likeness (QED) is 0.885. The molecular formula is C16H21N3O2. The van der Waals surface area contributed by atoms with Gasteiger partial charge in [-0.3, -0.25) is 0 Å². The van der Waals surface area contributed by atoms with Crippen molar-refractivity contribution in [3.63, 3.8) is 0 Å². The number of amides is 1. The van der Waals surface area contributed by atoms with Crippen LogP contribution in [0.5, 0.6) is 0 Å². The fourth-order valence-corrected chi connectivity index (χ4v) is 2.48. The monoisotopic (exact) mass is 293 g/mol. The van der Waals surface area contributed by atoms with Gasteiger partial charge >= 0.3 is 6.09 Å². The number of hydrogen-bond acceptors (Lipinski definition) is 3. The predicted octanol–water partition coefficient (Wildman–Crippen LogP) is 1.92. The minimum atomic E-state index is -2.21. The zero-order valence-electron chi connectivity index (χ0n) is 17.8. The van der Waals surface area contributed by atoms with E-state index in [0.717, 1.165) is 15.9 Å². The number of H-pyrrole nitrogens is 1. The van der Waals surface area contributed by atoms with E-state index in [1.807, 2.05) is 12.1 Å². The van der Waals surface area contributed by atoms with E-state index in [0.29, 0.717) is 29.3 Å². The lowest BCUT2D eigenvalue weighted by Crippen LogP contribution is -2.28. The highest BCUT2D eigenvalue weighted by atomic mass is 16.6. The van der Waals surface area contributed by atoms with Gasteiger partial charge in [0, 0.05) is 27.7 Å². The van der Waals surface area contributed by atoms with Gasteiger partial charge in [-0.15, -0.1) is 0 Å². The number of fused-ring (bicyclic) bond motifs is 1. The average Bonchev–Trinajstić information content (AvgIpc) is 3.04. The Bertz CT molecular complexity index is 866. The van der Waals surface area contributed by atoms with Crippen molar-refractivity contribution in [1.29, 1.82) is 0 Å². The van der Waals surface area contributed by atoms with Crippen LogP contribution in [0, 0.1) is 0 Å². The highest BCUT2D eigenvalue weighted by Gasteiger charge is 2.22. The van der Waals surface area contributed by atoms with Crippen molar-refractivity contribution in [3.8, 4) is 0 Å². The fraction of sp³-hybridized carbons (Fsp3) is 0.438. The molecule has 2 aromatic rings. The molecule has 1 aliphatic rings. The largest absolute Gasteiger partial charge is 0.447 e. The lowest BCUT2D eigenvalue weighted by Gasteiger charge is -2.09. The molecule has 5 nitrogen and oxygen atoms in total. The maximum Gasteiger partial charge on any atom is 0.407 e. The Hall–Kier alpha value is -2.01. The number of likely N-dealkylation sites (N-methyl/N-ethyl adjacent to an activating group) is 1. The van der Waals surface area contributed by atoms with Gasteiger partial charge < -0.3 is 19.9 Å². The van der Waals surface area contributed by atoms with E-state index in [-0.39, 0.29) is 25.4 Å². The Morgan fingerprint density at radius 1 is 1.62 bits per heavy atom. The normalized spacial score (nSPS) is 23.4. The summed E-state index contributed by atoms with van der Waals surface area (Å²) in [5, 5.41) is 1.54. The van der Waals surface area contributed by atoms with Gasteiger partial charge in [0.25, 0.3) is 0 Å². The summed E-state index contributed by atoms with van der Waals surface area (Å²) in [7, 11) is 1.50. The number of cyclic esters (lactones) is 1. The van der Waals surface area contributed by atoms with Gasteiger partial charge in [0.2, 0.25) is 0 Å². The molecule has 21 heavy (non-hydrogen) atoms. The summed E-state index contributed by atoms with van der Waals surface area (Å²) < 4.78 is 51.1. The van der Waals surface area contributed by atoms with Crippen LogP contribution in [0.3, 0.4) is 0 Å². The van der Waals surface area contributed by atoms with E-state index in [9.17, 15) is 4.79 Å². The molecule has 0 radical (unpaired) electrons. The minimum Gasteiger partial charge on any atom is -0.447 e. The van der Waals surface area contributed by atoms with Gasteiger partial charge in [0.05, 0.1) is 7.41 Å². The summed E-state index contributed by atoms with van der Waals surface area (Å²) in [6, 6.07) is 5.01. The van der Waals surface area contributed by atoms with Crippen molar-refractivity contribution in [1.82, 2.24) is 15.2 Å². The topological polar surface area (TPSA) is 57.4 Å². The van der Waals surface area contributed by atoms with Crippen LogP contribution in [0.25, 0.3) is 10.9 Å². The van der Waals surface area contributed by atoms with Gasteiger partial charge in [0.1, 0.15) is 6.61 Å². The lowest BCUT2D eigenvalue weighted by atomic mass is 10.0. The maximum absolute atomic E-state index is 11.3. The van der Waals surface area contributed by atoms with Crippen LogP contribution in [0.1, 0.15) is 16.6 Å². The summed E-state index contributed by atoms with van der Waals surface area (Å²) >= 11 is 0. The molecule has 0 spiro atoms. The Morgan fingerprint density at radius 3 is 3.29 bits per heavy atom. The first-order valence-corrected chi connectivity index (χ1v) is 6.87. The van der Waals surface area contributed by atoms with Gasteiger partial charge in [-0.25, -0.2) is 4.79 Å². The molecule has 112 valence electrons.